The van der Waals surface area contributed by atoms with Crippen LogP contribution in [0.2, 0.25) is 0 Å². The van der Waals surface area contributed by atoms with Gasteiger partial charge in [-0.3, -0.25) is 19.6 Å². The lowest BCUT2D eigenvalue weighted by Crippen LogP contribution is -2.26. The summed E-state index contributed by atoms with van der Waals surface area (Å²) >= 11 is 0.424. The van der Waals surface area contributed by atoms with E-state index in [1.807, 2.05) is 9.97 Å². The van der Waals surface area contributed by atoms with Crippen LogP contribution in [0.4, 0.5) is 0 Å². The van der Waals surface area contributed by atoms with Gasteiger partial charge >= 0.3 is 15.4 Å². The molecule has 0 unspecified atom stereocenters. The molecule has 0 atom stereocenters. The highest BCUT2D eigenvalue weighted by Gasteiger charge is 1.87. The lowest BCUT2D eigenvalue weighted by molar-refractivity contribution is 1.06. The van der Waals surface area contributed by atoms with E-state index in [-0.39, 0.29) is 0 Å². The first kappa shape index (κ1) is 5.96. The zero-order valence-corrected chi connectivity index (χ0v) is 4.95. The van der Waals surface area contributed by atoms with Gasteiger partial charge in [0.1, 0.15) is 0 Å². The number of hydrogen-bond donors (Lipinski definition) is 2. The first-order valence-electron chi connectivity index (χ1n) is 2.02. The number of rotatable bonds is 0. The van der Waals surface area contributed by atoms with Gasteiger partial charge in [0.25, 0.3) is 0 Å². The molecule has 0 aromatic carbocycles. The molecule has 1 aromatic heterocycles. The molecule has 0 bridgehead atoms. The van der Waals surface area contributed by atoms with Crippen LogP contribution in [0.15, 0.2) is 14.4 Å². The third kappa shape index (κ3) is 1.36. The highest BCUT2D eigenvalue weighted by atomic mass is 32.1. The van der Waals surface area contributed by atoms with Gasteiger partial charge in [0.15, 0.2) is 0 Å². The fourth-order valence-electron chi connectivity index (χ4n) is 0.352. The Morgan fingerprint density at radius 1 is 1.00 bits per heavy atom. The van der Waals surface area contributed by atoms with Gasteiger partial charge in [0.05, 0.1) is 0 Å². The fourth-order valence-corrected chi connectivity index (χ4v) is 0.808. The van der Waals surface area contributed by atoms with Crippen molar-refractivity contribution in [2.24, 2.45) is 0 Å². The average molecular weight is 146 g/mol. The lowest BCUT2D eigenvalue weighted by atomic mass is 11.2. The summed E-state index contributed by atoms with van der Waals surface area (Å²) in [5.41, 5.74) is -0.760. The van der Waals surface area contributed by atoms with Gasteiger partial charge in [0, 0.05) is 0 Å². The van der Waals surface area contributed by atoms with Crippen LogP contribution in [0.1, 0.15) is 0 Å². The third-order valence-electron chi connectivity index (χ3n) is 0.617. The Morgan fingerprint density at radius 2 is 1.44 bits per heavy atom. The molecule has 0 aliphatic heterocycles. The first-order chi connectivity index (χ1) is 4.18. The zero-order chi connectivity index (χ0) is 6.85. The lowest BCUT2D eigenvalue weighted by Gasteiger charge is -1.74. The van der Waals surface area contributed by atoms with Gasteiger partial charge in [-0.05, 0) is 11.3 Å². The van der Waals surface area contributed by atoms with Crippen molar-refractivity contribution in [2.75, 3.05) is 0 Å². The van der Waals surface area contributed by atoms with E-state index in [0.717, 1.165) is 0 Å². The van der Waals surface area contributed by atoms with Crippen molar-refractivity contribution in [3.8, 4) is 0 Å². The maximum absolute atomic E-state index is 10.3. The largest absolute Gasteiger partial charge is 0.329 e. The highest BCUT2D eigenvalue weighted by Crippen LogP contribution is 1.55. The summed E-state index contributed by atoms with van der Waals surface area (Å²) in [5, 5.41) is 0. The number of H-pyrrole nitrogens is 2. The Kier molecular flexibility index (Phi) is 1.31. The molecular weight excluding hydrogens is 144 g/mol. The van der Waals surface area contributed by atoms with E-state index >= 15 is 0 Å². The highest BCUT2D eigenvalue weighted by molar-refractivity contribution is 7.06. The molecule has 0 saturated carbocycles. The second-order valence-corrected chi connectivity index (χ2v) is 2.20. The monoisotopic (exact) mass is 146 g/mol. The molecule has 0 aliphatic carbocycles. The van der Waals surface area contributed by atoms with E-state index in [1.54, 1.807) is 0 Å². The van der Waals surface area contributed by atoms with E-state index in [1.165, 1.54) is 0 Å². The van der Waals surface area contributed by atoms with Crippen LogP contribution in [0, 0.1) is 0 Å². The first-order valence-corrected chi connectivity index (χ1v) is 2.84. The SMILES string of the molecule is O=c1[nH]c(=O)sc(=O)[nH]1. The molecule has 0 amide bonds. The Bertz CT molecular complexity index is 280. The molecule has 9 heavy (non-hydrogen) atoms. The summed E-state index contributed by atoms with van der Waals surface area (Å²) in [7, 11) is 0. The predicted molar refractivity (Wildman–Crippen MR) is 31.8 cm³/mol. The maximum Gasteiger partial charge on any atom is 0.329 e. The molecule has 1 heterocycles. The van der Waals surface area contributed by atoms with Crippen molar-refractivity contribution in [3.63, 3.8) is 0 Å². The van der Waals surface area contributed by atoms with Crippen molar-refractivity contribution in [1.82, 2.24) is 9.97 Å². The number of aromatic nitrogens is 2. The Labute approximate surface area is 52.0 Å². The van der Waals surface area contributed by atoms with E-state index in [2.05, 4.69) is 0 Å². The van der Waals surface area contributed by atoms with E-state index in [4.69, 9.17) is 0 Å². The van der Waals surface area contributed by atoms with Crippen molar-refractivity contribution >= 4 is 11.3 Å². The summed E-state index contributed by atoms with van der Waals surface area (Å²) in [6.45, 7) is 0. The van der Waals surface area contributed by atoms with Crippen LogP contribution in [-0.4, -0.2) is 9.97 Å². The van der Waals surface area contributed by atoms with Gasteiger partial charge in [-0.2, -0.15) is 0 Å². The fraction of sp³-hybridized carbons (Fsp3) is 0. The van der Waals surface area contributed by atoms with E-state index in [0.29, 0.717) is 11.3 Å². The van der Waals surface area contributed by atoms with Crippen LogP contribution in [0.25, 0.3) is 0 Å². The van der Waals surface area contributed by atoms with E-state index in [9.17, 15) is 14.4 Å². The Morgan fingerprint density at radius 3 is 1.78 bits per heavy atom. The molecule has 0 aliphatic rings. The molecule has 0 saturated heterocycles. The third-order valence-corrected chi connectivity index (χ3v) is 1.19. The van der Waals surface area contributed by atoms with Crippen LogP contribution in [0.3, 0.4) is 0 Å². The van der Waals surface area contributed by atoms with Crippen molar-refractivity contribution < 1.29 is 0 Å². The van der Waals surface area contributed by atoms with Crippen LogP contribution < -0.4 is 15.4 Å². The molecule has 0 radical (unpaired) electrons. The molecular formula is C3H2N2O3S. The number of aromatic amines is 2. The molecule has 6 heteroatoms. The summed E-state index contributed by atoms with van der Waals surface area (Å²) in [5.74, 6) is 0. The molecule has 0 spiro atoms. The topological polar surface area (TPSA) is 82.8 Å². The standard InChI is InChI=1S/C3H2N2O3S/c6-1-4-2(7)9-3(8)5-1/h(H2,4,5,6,7,8). The summed E-state index contributed by atoms with van der Waals surface area (Å²) in [4.78, 5) is 33.2. The number of nitrogens with one attached hydrogen (secondary N) is 2. The molecule has 1 aromatic rings. The van der Waals surface area contributed by atoms with Crippen molar-refractivity contribution in [3.05, 3.63) is 29.8 Å². The van der Waals surface area contributed by atoms with Gasteiger partial charge in [-0.25, -0.2) is 4.79 Å². The molecule has 1 rings (SSSR count). The van der Waals surface area contributed by atoms with Gasteiger partial charge in [-0.15, -0.1) is 0 Å². The molecule has 2 N–H and O–H groups in total. The quantitative estimate of drug-likeness (QED) is 0.466. The summed E-state index contributed by atoms with van der Waals surface area (Å²) < 4.78 is 0. The summed E-state index contributed by atoms with van der Waals surface area (Å²) in [6.07, 6.45) is 0. The minimum atomic E-state index is -0.760. The molecule has 0 fully saturated rings. The van der Waals surface area contributed by atoms with Gasteiger partial charge in [0.2, 0.25) is 0 Å². The normalized spacial score (nSPS) is 9.33. The van der Waals surface area contributed by atoms with Crippen LogP contribution >= 0.6 is 11.3 Å². The minimum absolute atomic E-state index is 0.424. The Balaban J connectivity index is 3.72. The Hall–Kier alpha value is -1.17. The smallest absolute Gasteiger partial charge is 0.265 e. The molecule has 5 nitrogen and oxygen atoms in total. The predicted octanol–water partition coefficient (Wildman–Crippen LogP) is -1.52. The van der Waals surface area contributed by atoms with Crippen molar-refractivity contribution in [1.29, 1.82) is 0 Å². The van der Waals surface area contributed by atoms with Crippen LogP contribution in [-0.2, 0) is 0 Å². The molecule has 48 valence electrons. The van der Waals surface area contributed by atoms with Gasteiger partial charge < -0.3 is 0 Å². The zero-order valence-electron chi connectivity index (χ0n) is 4.13. The van der Waals surface area contributed by atoms with Crippen LogP contribution in [0.5, 0.6) is 0 Å². The minimum Gasteiger partial charge on any atom is -0.265 e. The second-order valence-electron chi connectivity index (χ2n) is 1.26. The van der Waals surface area contributed by atoms with Gasteiger partial charge in [-0.1, -0.05) is 0 Å². The van der Waals surface area contributed by atoms with Crippen molar-refractivity contribution in [2.45, 2.75) is 0 Å². The second kappa shape index (κ2) is 1.98. The number of hydrogen-bond acceptors (Lipinski definition) is 4. The average Bonchev–Trinajstić information content (AvgIpc) is 1.59. The van der Waals surface area contributed by atoms with E-state index < -0.39 is 15.4 Å². The summed E-state index contributed by atoms with van der Waals surface area (Å²) in [6, 6.07) is 0. The maximum atomic E-state index is 10.3.